The molecule has 2 N–H and O–H groups in total. The van der Waals surface area contributed by atoms with E-state index in [-0.39, 0.29) is 11.9 Å². The lowest BCUT2D eigenvalue weighted by Gasteiger charge is -2.20. The lowest BCUT2D eigenvalue weighted by Crippen LogP contribution is -2.29. The molecule has 2 aromatic rings. The smallest absolute Gasteiger partial charge is 0.224 e. The maximum absolute atomic E-state index is 12.3. The zero-order valence-corrected chi connectivity index (χ0v) is 13.6. The van der Waals surface area contributed by atoms with E-state index in [1.807, 2.05) is 54.6 Å². The Bertz CT molecular complexity index is 601. The molecule has 0 spiro atoms. The van der Waals surface area contributed by atoms with Crippen molar-refractivity contribution in [3.8, 4) is 0 Å². The Morgan fingerprint density at radius 1 is 1.19 bits per heavy atom. The van der Waals surface area contributed by atoms with E-state index in [0.29, 0.717) is 13.0 Å². The van der Waals surface area contributed by atoms with Crippen LogP contribution in [0.5, 0.6) is 0 Å². The Kier molecular flexibility index (Phi) is 5.53. The van der Waals surface area contributed by atoms with Gasteiger partial charge in [0.25, 0.3) is 0 Å². The Balaban J connectivity index is 1.94. The largest absolute Gasteiger partial charge is 0.341 e. The first kappa shape index (κ1) is 15.7. The SMILES string of the molecule is CN(Cc1cccc(Br)c1)C(=O)CC(N)c1ccccc1. The third kappa shape index (κ3) is 4.69. The maximum atomic E-state index is 12.3. The number of rotatable bonds is 5. The highest BCUT2D eigenvalue weighted by Crippen LogP contribution is 2.16. The van der Waals surface area contributed by atoms with Crippen LogP contribution >= 0.6 is 15.9 Å². The number of hydrogen-bond acceptors (Lipinski definition) is 2. The summed E-state index contributed by atoms with van der Waals surface area (Å²) in [6.07, 6.45) is 0.314. The molecular weight excluding hydrogens is 328 g/mol. The number of hydrogen-bond donors (Lipinski definition) is 1. The molecular formula is C17H19BrN2O. The van der Waals surface area contributed by atoms with Crippen molar-refractivity contribution in [1.29, 1.82) is 0 Å². The van der Waals surface area contributed by atoms with Gasteiger partial charge in [-0.05, 0) is 23.3 Å². The molecule has 2 rings (SSSR count). The van der Waals surface area contributed by atoms with Gasteiger partial charge in [-0.3, -0.25) is 4.79 Å². The van der Waals surface area contributed by atoms with E-state index in [1.165, 1.54) is 0 Å². The molecule has 1 unspecified atom stereocenters. The fourth-order valence-electron chi connectivity index (χ4n) is 2.16. The molecule has 0 fully saturated rings. The highest BCUT2D eigenvalue weighted by Gasteiger charge is 2.15. The fourth-order valence-corrected chi connectivity index (χ4v) is 2.61. The normalized spacial score (nSPS) is 12.0. The molecule has 1 atom stereocenters. The van der Waals surface area contributed by atoms with Gasteiger partial charge in [0.2, 0.25) is 5.91 Å². The van der Waals surface area contributed by atoms with Crippen LogP contribution < -0.4 is 5.73 Å². The number of nitrogens with zero attached hydrogens (tertiary/aromatic N) is 1. The first-order valence-corrected chi connectivity index (χ1v) is 7.64. The van der Waals surface area contributed by atoms with Crippen molar-refractivity contribution >= 4 is 21.8 Å². The van der Waals surface area contributed by atoms with Crippen molar-refractivity contribution in [1.82, 2.24) is 4.90 Å². The van der Waals surface area contributed by atoms with E-state index >= 15 is 0 Å². The average molecular weight is 347 g/mol. The van der Waals surface area contributed by atoms with Crippen LogP contribution in [0, 0.1) is 0 Å². The number of benzene rings is 2. The summed E-state index contributed by atoms with van der Waals surface area (Å²) < 4.78 is 1.02. The lowest BCUT2D eigenvalue weighted by molar-refractivity contribution is -0.130. The van der Waals surface area contributed by atoms with Crippen LogP contribution in [0.15, 0.2) is 59.1 Å². The van der Waals surface area contributed by atoms with Gasteiger partial charge >= 0.3 is 0 Å². The molecule has 0 aliphatic heterocycles. The predicted octanol–water partition coefficient (Wildman–Crippen LogP) is 3.50. The van der Waals surface area contributed by atoms with Gasteiger partial charge in [0.1, 0.15) is 0 Å². The number of amides is 1. The molecule has 0 aliphatic carbocycles. The molecule has 1 amide bonds. The van der Waals surface area contributed by atoms with Crippen LogP contribution in [0.2, 0.25) is 0 Å². The van der Waals surface area contributed by atoms with Gasteiger partial charge in [-0.25, -0.2) is 0 Å². The van der Waals surface area contributed by atoms with Crippen LogP contribution in [0.4, 0.5) is 0 Å². The van der Waals surface area contributed by atoms with Crippen molar-refractivity contribution in [2.24, 2.45) is 5.73 Å². The van der Waals surface area contributed by atoms with Crippen molar-refractivity contribution in [3.05, 3.63) is 70.2 Å². The number of nitrogens with two attached hydrogens (primary N) is 1. The molecule has 21 heavy (non-hydrogen) atoms. The van der Waals surface area contributed by atoms with Crippen LogP contribution in [0.3, 0.4) is 0 Å². The van der Waals surface area contributed by atoms with Crippen molar-refractivity contribution in [2.75, 3.05) is 7.05 Å². The fraction of sp³-hybridized carbons (Fsp3) is 0.235. The first-order chi connectivity index (χ1) is 10.1. The van der Waals surface area contributed by atoms with Crippen molar-refractivity contribution in [3.63, 3.8) is 0 Å². The zero-order chi connectivity index (χ0) is 15.2. The van der Waals surface area contributed by atoms with Gasteiger partial charge in [0.15, 0.2) is 0 Å². The number of halogens is 1. The highest BCUT2D eigenvalue weighted by atomic mass is 79.9. The second-order valence-electron chi connectivity index (χ2n) is 5.10. The summed E-state index contributed by atoms with van der Waals surface area (Å²) in [7, 11) is 1.81. The second kappa shape index (κ2) is 7.38. The van der Waals surface area contributed by atoms with Crippen LogP contribution in [-0.2, 0) is 11.3 Å². The molecule has 0 saturated heterocycles. The van der Waals surface area contributed by atoms with E-state index in [9.17, 15) is 4.79 Å². The van der Waals surface area contributed by atoms with Gasteiger partial charge in [0, 0.05) is 30.5 Å². The summed E-state index contributed by atoms with van der Waals surface area (Å²) in [6, 6.07) is 17.4. The third-order valence-corrected chi connectivity index (χ3v) is 3.85. The summed E-state index contributed by atoms with van der Waals surface area (Å²) in [5, 5.41) is 0. The van der Waals surface area contributed by atoms with Gasteiger partial charge in [-0.15, -0.1) is 0 Å². The maximum Gasteiger partial charge on any atom is 0.224 e. The predicted molar refractivity (Wildman–Crippen MR) is 88.6 cm³/mol. The topological polar surface area (TPSA) is 46.3 Å². The first-order valence-electron chi connectivity index (χ1n) is 6.85. The van der Waals surface area contributed by atoms with E-state index in [0.717, 1.165) is 15.6 Å². The van der Waals surface area contributed by atoms with E-state index < -0.39 is 0 Å². The second-order valence-corrected chi connectivity index (χ2v) is 6.02. The van der Waals surface area contributed by atoms with Crippen molar-refractivity contribution in [2.45, 2.75) is 19.0 Å². The molecule has 0 heterocycles. The number of carbonyl (C=O) groups is 1. The summed E-state index contributed by atoms with van der Waals surface area (Å²) in [6.45, 7) is 0.583. The van der Waals surface area contributed by atoms with Gasteiger partial charge < -0.3 is 10.6 Å². The third-order valence-electron chi connectivity index (χ3n) is 3.36. The van der Waals surface area contributed by atoms with Crippen molar-refractivity contribution < 1.29 is 4.79 Å². The molecule has 0 aromatic heterocycles. The molecule has 0 saturated carbocycles. The Hall–Kier alpha value is -1.65. The summed E-state index contributed by atoms with van der Waals surface area (Å²) in [5.74, 6) is 0.0475. The highest BCUT2D eigenvalue weighted by molar-refractivity contribution is 9.10. The molecule has 3 nitrogen and oxygen atoms in total. The van der Waals surface area contributed by atoms with Gasteiger partial charge in [-0.1, -0.05) is 58.4 Å². The van der Waals surface area contributed by atoms with Crippen LogP contribution in [-0.4, -0.2) is 17.9 Å². The lowest BCUT2D eigenvalue weighted by atomic mass is 10.0. The monoisotopic (exact) mass is 346 g/mol. The van der Waals surface area contributed by atoms with Crippen LogP contribution in [0.1, 0.15) is 23.6 Å². The standard InChI is InChI=1S/C17H19BrN2O/c1-20(12-13-6-5-9-15(18)10-13)17(21)11-16(19)14-7-3-2-4-8-14/h2-10,16H,11-12,19H2,1H3. The van der Waals surface area contributed by atoms with E-state index in [2.05, 4.69) is 15.9 Å². The van der Waals surface area contributed by atoms with E-state index in [4.69, 9.17) is 5.73 Å². The Labute approximate surface area is 133 Å². The van der Waals surface area contributed by atoms with E-state index in [1.54, 1.807) is 11.9 Å². The average Bonchev–Trinajstić information content (AvgIpc) is 2.48. The van der Waals surface area contributed by atoms with Gasteiger partial charge in [0.05, 0.1) is 0 Å². The molecule has 0 bridgehead atoms. The van der Waals surface area contributed by atoms with Crippen LogP contribution in [0.25, 0.3) is 0 Å². The zero-order valence-electron chi connectivity index (χ0n) is 12.0. The minimum absolute atomic E-state index is 0.0475. The number of carbonyl (C=O) groups excluding carboxylic acids is 1. The minimum atomic E-state index is -0.261. The molecule has 2 aromatic carbocycles. The molecule has 110 valence electrons. The molecule has 0 radical (unpaired) electrons. The summed E-state index contributed by atoms with van der Waals surface area (Å²) in [4.78, 5) is 14.0. The Morgan fingerprint density at radius 2 is 1.90 bits per heavy atom. The Morgan fingerprint density at radius 3 is 2.57 bits per heavy atom. The molecule has 4 heteroatoms. The quantitative estimate of drug-likeness (QED) is 0.900. The minimum Gasteiger partial charge on any atom is -0.341 e. The molecule has 0 aliphatic rings. The van der Waals surface area contributed by atoms with Gasteiger partial charge in [-0.2, -0.15) is 0 Å². The summed E-state index contributed by atoms with van der Waals surface area (Å²) >= 11 is 3.44. The summed E-state index contributed by atoms with van der Waals surface area (Å²) in [5.41, 5.74) is 8.18.